The summed E-state index contributed by atoms with van der Waals surface area (Å²) in [7, 11) is 0. The van der Waals surface area contributed by atoms with Crippen molar-refractivity contribution in [2.45, 2.75) is 71.1 Å². The third-order valence-electron chi connectivity index (χ3n) is 4.23. The van der Waals surface area contributed by atoms with Crippen LogP contribution in [0.3, 0.4) is 0 Å². The maximum atomic E-state index is 12.1. The SMILES string of the molecule is C#Cc1cc(C#C)cc(C(=O)OCCCCCCCCCCCC)c1. The molecule has 1 rings (SSSR count). The minimum Gasteiger partial charge on any atom is -0.462 e. The number of terminal acetylenes is 2. The van der Waals surface area contributed by atoms with Gasteiger partial charge in [-0.1, -0.05) is 76.6 Å². The molecule has 0 N–H and O–H groups in total. The number of benzene rings is 1. The van der Waals surface area contributed by atoms with Crippen molar-refractivity contribution in [3.63, 3.8) is 0 Å². The molecular weight excluding hydrogens is 308 g/mol. The Morgan fingerprint density at radius 2 is 1.32 bits per heavy atom. The van der Waals surface area contributed by atoms with Crippen LogP contribution in [0.25, 0.3) is 0 Å². The molecule has 0 heterocycles. The molecule has 0 atom stereocenters. The van der Waals surface area contributed by atoms with Gasteiger partial charge in [-0.3, -0.25) is 0 Å². The third kappa shape index (κ3) is 9.02. The van der Waals surface area contributed by atoms with E-state index in [1.54, 1.807) is 18.2 Å². The van der Waals surface area contributed by atoms with Crippen LogP contribution in [0, 0.1) is 24.7 Å². The molecule has 0 radical (unpaired) electrons. The van der Waals surface area contributed by atoms with Gasteiger partial charge in [-0.25, -0.2) is 4.79 Å². The highest BCUT2D eigenvalue weighted by Gasteiger charge is 2.09. The zero-order valence-corrected chi connectivity index (χ0v) is 15.5. The molecule has 0 unspecified atom stereocenters. The average Bonchev–Trinajstić information content (AvgIpc) is 2.65. The summed E-state index contributed by atoms with van der Waals surface area (Å²) in [4.78, 5) is 12.1. The van der Waals surface area contributed by atoms with Crippen LogP contribution in [0.2, 0.25) is 0 Å². The quantitative estimate of drug-likeness (QED) is 0.276. The lowest BCUT2D eigenvalue weighted by Gasteiger charge is -2.06. The second-order valence-corrected chi connectivity index (χ2v) is 6.41. The lowest BCUT2D eigenvalue weighted by Crippen LogP contribution is -2.07. The first-order valence-corrected chi connectivity index (χ1v) is 9.46. The molecule has 2 nitrogen and oxygen atoms in total. The molecule has 0 aliphatic rings. The van der Waals surface area contributed by atoms with Crippen LogP contribution >= 0.6 is 0 Å². The van der Waals surface area contributed by atoms with Crippen LogP contribution in [-0.4, -0.2) is 12.6 Å². The third-order valence-corrected chi connectivity index (χ3v) is 4.23. The Balaban J connectivity index is 2.15. The van der Waals surface area contributed by atoms with Crippen LogP contribution in [0.5, 0.6) is 0 Å². The van der Waals surface area contributed by atoms with Gasteiger partial charge in [0, 0.05) is 11.1 Å². The lowest BCUT2D eigenvalue weighted by atomic mass is 10.1. The summed E-state index contributed by atoms with van der Waals surface area (Å²) in [6.07, 6.45) is 23.3. The first-order valence-electron chi connectivity index (χ1n) is 9.46. The smallest absolute Gasteiger partial charge is 0.338 e. The predicted octanol–water partition coefficient (Wildman–Crippen LogP) is 5.73. The van der Waals surface area contributed by atoms with Gasteiger partial charge >= 0.3 is 5.97 Å². The van der Waals surface area contributed by atoms with Crippen LogP contribution in [0.4, 0.5) is 0 Å². The number of ether oxygens (including phenoxy) is 1. The number of rotatable bonds is 12. The molecule has 0 aromatic heterocycles. The van der Waals surface area contributed by atoms with Crippen molar-refractivity contribution in [1.29, 1.82) is 0 Å². The van der Waals surface area contributed by atoms with Crippen molar-refractivity contribution in [3.05, 3.63) is 34.9 Å². The zero-order chi connectivity index (χ0) is 18.3. The van der Waals surface area contributed by atoms with Crippen molar-refractivity contribution in [3.8, 4) is 24.7 Å². The van der Waals surface area contributed by atoms with Gasteiger partial charge in [0.15, 0.2) is 0 Å². The monoisotopic (exact) mass is 338 g/mol. The molecule has 0 saturated carbocycles. The Kier molecular flexibility index (Phi) is 11.0. The molecule has 2 heteroatoms. The largest absolute Gasteiger partial charge is 0.462 e. The summed E-state index contributed by atoms with van der Waals surface area (Å²) in [5, 5.41) is 0. The summed E-state index contributed by atoms with van der Waals surface area (Å²) < 4.78 is 5.32. The maximum absolute atomic E-state index is 12.1. The highest BCUT2D eigenvalue weighted by molar-refractivity contribution is 5.90. The molecule has 1 aromatic carbocycles. The Morgan fingerprint density at radius 1 is 0.840 bits per heavy atom. The molecule has 0 amide bonds. The van der Waals surface area contributed by atoms with Crippen molar-refractivity contribution in [1.82, 2.24) is 0 Å². The summed E-state index contributed by atoms with van der Waals surface area (Å²) in [6.45, 7) is 2.69. The van der Waals surface area contributed by atoms with E-state index in [4.69, 9.17) is 17.6 Å². The number of carbonyl (C=O) groups is 1. The van der Waals surface area contributed by atoms with Gasteiger partial charge in [0.2, 0.25) is 0 Å². The number of esters is 1. The molecule has 134 valence electrons. The Morgan fingerprint density at radius 3 is 1.80 bits per heavy atom. The summed E-state index contributed by atoms with van der Waals surface area (Å²) in [6, 6.07) is 4.99. The number of hydrogen-bond donors (Lipinski definition) is 0. The second-order valence-electron chi connectivity index (χ2n) is 6.41. The van der Waals surface area contributed by atoms with Gasteiger partial charge in [-0.15, -0.1) is 12.8 Å². The van der Waals surface area contributed by atoms with Gasteiger partial charge in [-0.2, -0.15) is 0 Å². The van der Waals surface area contributed by atoms with E-state index < -0.39 is 0 Å². The average molecular weight is 338 g/mol. The first-order chi connectivity index (χ1) is 12.2. The highest BCUT2D eigenvalue weighted by Crippen LogP contribution is 2.12. The van der Waals surface area contributed by atoms with Crippen LogP contribution in [0.1, 0.15) is 92.6 Å². The normalized spacial score (nSPS) is 10.0. The Bertz CT molecular complexity index is 569. The summed E-state index contributed by atoms with van der Waals surface area (Å²) in [5.74, 6) is 4.65. The standard InChI is InChI=1S/C23H30O2/c1-4-7-8-9-10-11-12-13-14-15-16-25-23(24)22-18-20(5-2)17-21(6-3)19-22/h2-3,17-19H,4,7-16H2,1H3. The predicted molar refractivity (Wildman–Crippen MR) is 104 cm³/mol. The maximum Gasteiger partial charge on any atom is 0.338 e. The van der Waals surface area contributed by atoms with Gasteiger partial charge in [-0.05, 0) is 24.6 Å². The molecule has 0 bridgehead atoms. The van der Waals surface area contributed by atoms with Crippen LogP contribution in [-0.2, 0) is 4.74 Å². The van der Waals surface area contributed by atoms with E-state index in [1.807, 2.05) is 0 Å². The molecule has 0 spiro atoms. The number of carbonyl (C=O) groups excluding carboxylic acids is 1. The molecule has 1 aromatic rings. The second kappa shape index (κ2) is 13.1. The van der Waals surface area contributed by atoms with E-state index >= 15 is 0 Å². The molecule has 0 saturated heterocycles. The number of hydrogen-bond acceptors (Lipinski definition) is 2. The zero-order valence-electron chi connectivity index (χ0n) is 15.5. The van der Waals surface area contributed by atoms with E-state index in [0.717, 1.165) is 12.8 Å². The van der Waals surface area contributed by atoms with Crippen molar-refractivity contribution >= 4 is 5.97 Å². The summed E-state index contributed by atoms with van der Waals surface area (Å²) >= 11 is 0. The fourth-order valence-electron chi connectivity index (χ4n) is 2.75. The lowest BCUT2D eigenvalue weighted by molar-refractivity contribution is 0.0497. The van der Waals surface area contributed by atoms with Crippen molar-refractivity contribution in [2.75, 3.05) is 6.61 Å². The highest BCUT2D eigenvalue weighted by atomic mass is 16.5. The minimum absolute atomic E-state index is 0.357. The number of unbranched alkanes of at least 4 members (excludes halogenated alkanes) is 9. The Hall–Kier alpha value is -2.19. The molecule has 0 aliphatic heterocycles. The first kappa shape index (κ1) is 20.9. The molecule has 25 heavy (non-hydrogen) atoms. The van der Waals surface area contributed by atoms with E-state index in [9.17, 15) is 4.79 Å². The van der Waals surface area contributed by atoms with Gasteiger partial charge < -0.3 is 4.74 Å². The Labute approximate surface area is 153 Å². The van der Waals surface area contributed by atoms with E-state index in [2.05, 4.69) is 18.8 Å². The topological polar surface area (TPSA) is 26.3 Å². The van der Waals surface area contributed by atoms with E-state index in [-0.39, 0.29) is 5.97 Å². The van der Waals surface area contributed by atoms with Crippen LogP contribution in [0.15, 0.2) is 18.2 Å². The minimum atomic E-state index is -0.357. The van der Waals surface area contributed by atoms with Crippen molar-refractivity contribution < 1.29 is 9.53 Å². The molecule has 0 fully saturated rings. The van der Waals surface area contributed by atoms with Gasteiger partial charge in [0.25, 0.3) is 0 Å². The van der Waals surface area contributed by atoms with Gasteiger partial charge in [0.1, 0.15) is 0 Å². The van der Waals surface area contributed by atoms with Crippen molar-refractivity contribution in [2.24, 2.45) is 0 Å². The van der Waals surface area contributed by atoms with E-state index in [1.165, 1.54) is 51.4 Å². The molecule has 0 aliphatic carbocycles. The van der Waals surface area contributed by atoms with Crippen LogP contribution < -0.4 is 0 Å². The fraction of sp³-hybridized carbons (Fsp3) is 0.522. The summed E-state index contributed by atoms with van der Waals surface area (Å²) in [5.41, 5.74) is 1.62. The van der Waals surface area contributed by atoms with E-state index in [0.29, 0.717) is 23.3 Å². The fourth-order valence-corrected chi connectivity index (χ4v) is 2.75. The molecular formula is C23H30O2. The van der Waals surface area contributed by atoms with Gasteiger partial charge in [0.05, 0.1) is 12.2 Å².